The van der Waals surface area contributed by atoms with E-state index in [2.05, 4.69) is 10.3 Å². The minimum absolute atomic E-state index is 0.00843. The maximum Gasteiger partial charge on any atom is 0.131 e. The summed E-state index contributed by atoms with van der Waals surface area (Å²) in [4.78, 5) is 5.43. The van der Waals surface area contributed by atoms with Gasteiger partial charge in [0.15, 0.2) is 0 Å². The molecule has 0 radical (unpaired) electrons. The highest BCUT2D eigenvalue weighted by molar-refractivity contribution is 7.19. The number of anilines is 1. The summed E-state index contributed by atoms with van der Waals surface area (Å²) in [6, 6.07) is 7.61. The Morgan fingerprint density at radius 2 is 2.35 bits per heavy atom. The number of halogens is 1. The van der Waals surface area contributed by atoms with E-state index in [1.807, 2.05) is 31.2 Å². The summed E-state index contributed by atoms with van der Waals surface area (Å²) in [5.41, 5.74) is 7.76. The first kappa shape index (κ1) is 13.4. The van der Waals surface area contributed by atoms with Crippen LogP contribution in [-0.4, -0.2) is 4.98 Å². The van der Waals surface area contributed by atoms with E-state index in [9.17, 15) is 0 Å². The number of pyridine rings is 1. The van der Waals surface area contributed by atoms with Crippen molar-refractivity contribution < 1.29 is 4.42 Å². The maximum atomic E-state index is 6.07. The molecule has 4 nitrogen and oxygen atoms in total. The molecule has 0 aliphatic heterocycles. The second-order valence-corrected chi connectivity index (χ2v) is 6.05. The molecule has 0 saturated carbocycles. The quantitative estimate of drug-likeness (QED) is 0.710. The van der Waals surface area contributed by atoms with E-state index in [4.69, 9.17) is 21.8 Å². The lowest BCUT2D eigenvalue weighted by atomic mass is 10.2. The molecular formula is C14H14ClN3OS. The fraction of sp³-hybridized carbons (Fsp3) is 0.214. The normalized spacial score (nSPS) is 12.8. The van der Waals surface area contributed by atoms with Crippen molar-refractivity contribution in [1.29, 1.82) is 0 Å². The summed E-state index contributed by atoms with van der Waals surface area (Å²) < 4.78 is 6.38. The van der Waals surface area contributed by atoms with Crippen molar-refractivity contribution in [2.75, 3.05) is 5.32 Å². The molecule has 0 unspecified atom stereocenters. The summed E-state index contributed by atoms with van der Waals surface area (Å²) >= 11 is 7.71. The summed E-state index contributed by atoms with van der Waals surface area (Å²) in [6.07, 6.45) is 1.66. The highest BCUT2D eigenvalue weighted by Crippen LogP contribution is 2.35. The zero-order valence-corrected chi connectivity index (χ0v) is 12.5. The van der Waals surface area contributed by atoms with Gasteiger partial charge in [0.1, 0.15) is 10.9 Å². The number of fused-ring (bicyclic) bond motifs is 1. The molecule has 0 aromatic carbocycles. The maximum absolute atomic E-state index is 6.07. The molecule has 3 aromatic rings. The zero-order chi connectivity index (χ0) is 14.1. The zero-order valence-electron chi connectivity index (χ0n) is 10.9. The van der Waals surface area contributed by atoms with Crippen LogP contribution in [0.2, 0.25) is 5.15 Å². The SMILES string of the molecule is C[C@@H](N)c1cc2nc(Cl)cc(NCc3ccco3)c2s1. The molecule has 3 rings (SSSR count). The molecule has 20 heavy (non-hydrogen) atoms. The van der Waals surface area contributed by atoms with Crippen molar-refractivity contribution in [3.63, 3.8) is 0 Å². The standard InChI is InChI=1S/C14H14ClN3OS/c1-8(16)12-5-11-14(20-12)10(6-13(15)18-11)17-7-9-3-2-4-19-9/h2-6,8H,7,16H2,1H3,(H,17,18)/t8-/m1/s1. The molecule has 0 spiro atoms. The third-order valence-electron chi connectivity index (χ3n) is 2.95. The summed E-state index contributed by atoms with van der Waals surface area (Å²) in [5.74, 6) is 0.870. The van der Waals surface area contributed by atoms with Crippen molar-refractivity contribution in [3.8, 4) is 0 Å². The van der Waals surface area contributed by atoms with E-state index < -0.39 is 0 Å². The largest absolute Gasteiger partial charge is 0.467 e. The van der Waals surface area contributed by atoms with Gasteiger partial charge in [-0.15, -0.1) is 11.3 Å². The summed E-state index contributed by atoms with van der Waals surface area (Å²) in [6.45, 7) is 2.57. The van der Waals surface area contributed by atoms with Gasteiger partial charge in [0.25, 0.3) is 0 Å². The molecule has 0 bridgehead atoms. The summed E-state index contributed by atoms with van der Waals surface area (Å²) in [5, 5.41) is 3.80. The third kappa shape index (κ3) is 2.65. The van der Waals surface area contributed by atoms with Gasteiger partial charge in [0.05, 0.1) is 28.7 Å². The predicted molar refractivity (Wildman–Crippen MR) is 83.3 cm³/mol. The first-order valence-corrected chi connectivity index (χ1v) is 7.45. The van der Waals surface area contributed by atoms with Crippen molar-refractivity contribution in [2.24, 2.45) is 5.73 Å². The van der Waals surface area contributed by atoms with Crippen LogP contribution in [0, 0.1) is 0 Å². The van der Waals surface area contributed by atoms with Gasteiger partial charge in [-0.05, 0) is 25.1 Å². The predicted octanol–water partition coefficient (Wildman–Crippen LogP) is 4.17. The van der Waals surface area contributed by atoms with Gasteiger partial charge in [0, 0.05) is 17.0 Å². The topological polar surface area (TPSA) is 64.1 Å². The molecule has 1 atom stereocenters. The molecule has 104 valence electrons. The minimum Gasteiger partial charge on any atom is -0.467 e. The number of hydrogen-bond donors (Lipinski definition) is 2. The Bertz CT molecular complexity index is 721. The Kier molecular flexibility index (Phi) is 3.65. The lowest BCUT2D eigenvalue weighted by Gasteiger charge is -2.06. The highest BCUT2D eigenvalue weighted by Gasteiger charge is 2.12. The summed E-state index contributed by atoms with van der Waals surface area (Å²) in [7, 11) is 0. The van der Waals surface area contributed by atoms with Gasteiger partial charge in [-0.25, -0.2) is 4.98 Å². The lowest BCUT2D eigenvalue weighted by Crippen LogP contribution is -2.01. The fourth-order valence-corrected chi connectivity index (χ4v) is 3.20. The molecule has 0 aliphatic carbocycles. The molecular weight excluding hydrogens is 294 g/mol. The Balaban J connectivity index is 1.96. The van der Waals surface area contributed by atoms with Crippen molar-refractivity contribution in [2.45, 2.75) is 19.5 Å². The van der Waals surface area contributed by atoms with Crippen LogP contribution in [-0.2, 0) is 6.54 Å². The number of hydrogen-bond acceptors (Lipinski definition) is 5. The minimum atomic E-state index is -0.00843. The molecule has 3 heterocycles. The van der Waals surface area contributed by atoms with E-state index in [-0.39, 0.29) is 6.04 Å². The average molecular weight is 308 g/mol. The van der Waals surface area contributed by atoms with E-state index in [0.717, 1.165) is 26.5 Å². The molecule has 0 saturated heterocycles. The van der Waals surface area contributed by atoms with Crippen LogP contribution in [0.4, 0.5) is 5.69 Å². The van der Waals surface area contributed by atoms with Gasteiger partial charge in [-0.2, -0.15) is 0 Å². The molecule has 0 amide bonds. The smallest absolute Gasteiger partial charge is 0.131 e. The molecule has 6 heteroatoms. The molecule has 3 aromatic heterocycles. The first-order chi connectivity index (χ1) is 9.63. The van der Waals surface area contributed by atoms with Crippen LogP contribution in [0.1, 0.15) is 23.6 Å². The van der Waals surface area contributed by atoms with Gasteiger partial charge >= 0.3 is 0 Å². The Morgan fingerprint density at radius 1 is 1.50 bits per heavy atom. The van der Waals surface area contributed by atoms with Crippen molar-refractivity contribution in [3.05, 3.63) is 46.3 Å². The number of thiophene rings is 1. The average Bonchev–Trinajstić information content (AvgIpc) is 3.04. The van der Waals surface area contributed by atoms with Gasteiger partial charge in [-0.1, -0.05) is 11.6 Å². The van der Waals surface area contributed by atoms with Crippen LogP contribution in [0.3, 0.4) is 0 Å². The Labute approximate surface area is 125 Å². The first-order valence-electron chi connectivity index (χ1n) is 6.25. The monoisotopic (exact) mass is 307 g/mol. The molecule has 3 N–H and O–H groups in total. The fourth-order valence-electron chi connectivity index (χ4n) is 1.96. The van der Waals surface area contributed by atoms with E-state index in [1.54, 1.807) is 17.6 Å². The van der Waals surface area contributed by atoms with E-state index in [1.165, 1.54) is 0 Å². The van der Waals surface area contributed by atoms with Crippen molar-refractivity contribution >= 4 is 38.8 Å². The number of rotatable bonds is 4. The van der Waals surface area contributed by atoms with Crippen LogP contribution >= 0.6 is 22.9 Å². The number of aromatic nitrogens is 1. The lowest BCUT2D eigenvalue weighted by molar-refractivity contribution is 0.518. The second kappa shape index (κ2) is 5.44. The van der Waals surface area contributed by atoms with E-state index >= 15 is 0 Å². The number of nitrogens with one attached hydrogen (secondary N) is 1. The van der Waals surface area contributed by atoms with Crippen LogP contribution in [0.15, 0.2) is 34.9 Å². The van der Waals surface area contributed by atoms with Crippen molar-refractivity contribution in [1.82, 2.24) is 4.98 Å². The number of nitrogens with two attached hydrogens (primary N) is 1. The van der Waals surface area contributed by atoms with Gasteiger partial charge in [0.2, 0.25) is 0 Å². The van der Waals surface area contributed by atoms with Crippen LogP contribution < -0.4 is 11.1 Å². The van der Waals surface area contributed by atoms with E-state index in [0.29, 0.717) is 11.7 Å². The third-order valence-corrected chi connectivity index (χ3v) is 4.50. The second-order valence-electron chi connectivity index (χ2n) is 4.58. The highest BCUT2D eigenvalue weighted by atomic mass is 35.5. The molecule has 0 aliphatic rings. The van der Waals surface area contributed by atoms with Gasteiger partial charge < -0.3 is 15.5 Å². The number of furan rings is 1. The Morgan fingerprint density at radius 3 is 3.05 bits per heavy atom. The van der Waals surface area contributed by atoms with Crippen LogP contribution in [0.5, 0.6) is 0 Å². The Hall–Kier alpha value is -1.56. The van der Waals surface area contributed by atoms with Gasteiger partial charge in [-0.3, -0.25) is 0 Å². The van der Waals surface area contributed by atoms with Crippen LogP contribution in [0.25, 0.3) is 10.2 Å². The molecule has 0 fully saturated rings. The number of nitrogens with zero attached hydrogens (tertiary/aromatic N) is 1.